The van der Waals surface area contributed by atoms with Crippen molar-refractivity contribution in [1.82, 2.24) is 14.8 Å². The Labute approximate surface area is 152 Å². The van der Waals surface area contributed by atoms with Crippen LogP contribution in [0.5, 0.6) is 5.75 Å². The van der Waals surface area contributed by atoms with Crippen LogP contribution in [0, 0.1) is 0 Å². The molecule has 1 aromatic carbocycles. The van der Waals surface area contributed by atoms with E-state index in [1.807, 2.05) is 6.26 Å². The number of hydrogen-bond donors (Lipinski definition) is 1. The summed E-state index contributed by atoms with van der Waals surface area (Å²) in [4.78, 5) is 16.7. The number of benzene rings is 1. The first-order valence-corrected chi connectivity index (χ1v) is 8.78. The van der Waals surface area contributed by atoms with E-state index in [0.29, 0.717) is 27.9 Å². The summed E-state index contributed by atoms with van der Waals surface area (Å²) in [6.07, 6.45) is 1.84. The van der Waals surface area contributed by atoms with Gasteiger partial charge in [-0.25, -0.2) is 9.48 Å². The highest BCUT2D eigenvalue weighted by Gasteiger charge is 2.34. The third-order valence-corrected chi connectivity index (χ3v) is 4.38. The zero-order chi connectivity index (χ0) is 18.8. The van der Waals surface area contributed by atoms with E-state index in [-0.39, 0.29) is 5.75 Å². The van der Waals surface area contributed by atoms with E-state index in [2.05, 4.69) is 20.1 Å². The molecule has 0 saturated carbocycles. The summed E-state index contributed by atoms with van der Waals surface area (Å²) in [5, 5.41) is 8.00. The molecular formula is C16H16F2N4O3S. The summed E-state index contributed by atoms with van der Waals surface area (Å²) < 4.78 is 35.6. The van der Waals surface area contributed by atoms with Crippen LogP contribution in [-0.2, 0) is 9.53 Å². The second kappa shape index (κ2) is 7.32. The first-order chi connectivity index (χ1) is 12.4. The van der Waals surface area contributed by atoms with Gasteiger partial charge in [-0.1, -0.05) is 23.9 Å². The van der Waals surface area contributed by atoms with Gasteiger partial charge in [0.15, 0.2) is 0 Å². The Bertz CT molecular complexity index is 852. The second-order valence-electron chi connectivity index (χ2n) is 5.37. The van der Waals surface area contributed by atoms with Crippen molar-refractivity contribution < 1.29 is 23.0 Å². The Morgan fingerprint density at radius 2 is 2.04 bits per heavy atom. The molecule has 0 aliphatic carbocycles. The predicted molar refractivity (Wildman–Crippen MR) is 91.4 cm³/mol. The summed E-state index contributed by atoms with van der Waals surface area (Å²) in [7, 11) is 1.30. The molecular weight excluding hydrogens is 366 g/mol. The first kappa shape index (κ1) is 18.2. The van der Waals surface area contributed by atoms with E-state index in [1.54, 1.807) is 23.7 Å². The van der Waals surface area contributed by atoms with Gasteiger partial charge in [0.2, 0.25) is 11.1 Å². The van der Waals surface area contributed by atoms with Crippen molar-refractivity contribution in [3.05, 3.63) is 41.1 Å². The summed E-state index contributed by atoms with van der Waals surface area (Å²) in [6.45, 7) is -1.16. The highest BCUT2D eigenvalue weighted by atomic mass is 32.2. The molecule has 0 bridgehead atoms. The van der Waals surface area contributed by atoms with Crippen molar-refractivity contribution in [3.8, 4) is 5.75 Å². The minimum absolute atomic E-state index is 0.0293. The fourth-order valence-electron chi connectivity index (χ4n) is 2.73. The predicted octanol–water partition coefficient (Wildman–Crippen LogP) is 3.06. The van der Waals surface area contributed by atoms with Crippen LogP contribution in [0.2, 0.25) is 0 Å². The van der Waals surface area contributed by atoms with E-state index in [9.17, 15) is 13.6 Å². The number of nitrogens with one attached hydrogen (secondary N) is 1. The highest BCUT2D eigenvalue weighted by Crippen LogP contribution is 2.36. The van der Waals surface area contributed by atoms with E-state index < -0.39 is 18.6 Å². The normalized spacial score (nSPS) is 16.3. The standard InChI is InChI=1S/C16H16F2N4O3S/c1-8-11(13(23)24-2)12(22-15(19-8)20-16(21-22)26-3)9-4-6-10(7-5-9)25-14(17)18/h4-7,12,14H,1-3H3,(H,19,20,21)/t12-/m0/s1. The molecule has 26 heavy (non-hydrogen) atoms. The number of carbonyl (C=O) groups is 1. The monoisotopic (exact) mass is 382 g/mol. The van der Waals surface area contributed by atoms with Gasteiger partial charge in [0, 0.05) is 5.70 Å². The number of fused-ring (bicyclic) bond motifs is 1. The molecule has 1 atom stereocenters. The van der Waals surface area contributed by atoms with Gasteiger partial charge >= 0.3 is 12.6 Å². The molecule has 0 radical (unpaired) electrons. The van der Waals surface area contributed by atoms with Gasteiger partial charge < -0.3 is 14.8 Å². The molecule has 0 unspecified atom stereocenters. The van der Waals surface area contributed by atoms with Gasteiger partial charge in [0.25, 0.3) is 0 Å². The number of ether oxygens (including phenoxy) is 2. The van der Waals surface area contributed by atoms with Crippen LogP contribution in [0.25, 0.3) is 0 Å². The van der Waals surface area contributed by atoms with Crippen molar-refractivity contribution >= 4 is 23.7 Å². The molecule has 7 nitrogen and oxygen atoms in total. The zero-order valence-corrected chi connectivity index (χ0v) is 15.0. The molecule has 2 aromatic rings. The fourth-order valence-corrected chi connectivity index (χ4v) is 3.08. The van der Waals surface area contributed by atoms with E-state index >= 15 is 0 Å². The van der Waals surface area contributed by atoms with Crippen LogP contribution in [0.1, 0.15) is 18.5 Å². The Kier molecular flexibility index (Phi) is 5.12. The SMILES string of the molecule is COC(=O)C1=C(C)Nc2nc(SC)nn2[C@H]1c1ccc(OC(F)F)cc1. The molecule has 138 valence electrons. The minimum Gasteiger partial charge on any atom is -0.466 e. The maximum Gasteiger partial charge on any atom is 0.387 e. The Morgan fingerprint density at radius 3 is 2.62 bits per heavy atom. The zero-order valence-electron chi connectivity index (χ0n) is 14.2. The molecule has 10 heteroatoms. The van der Waals surface area contributed by atoms with Crippen LogP contribution in [-0.4, -0.2) is 40.7 Å². The number of carbonyl (C=O) groups excluding carboxylic acids is 1. The van der Waals surface area contributed by atoms with Crippen LogP contribution < -0.4 is 10.1 Å². The quantitative estimate of drug-likeness (QED) is 0.629. The molecule has 1 N–H and O–H groups in total. The van der Waals surface area contributed by atoms with Crippen molar-refractivity contribution in [3.63, 3.8) is 0 Å². The van der Waals surface area contributed by atoms with Gasteiger partial charge in [0.05, 0.1) is 12.7 Å². The molecule has 1 aliphatic heterocycles. The number of halogens is 2. The van der Waals surface area contributed by atoms with Gasteiger partial charge in [-0.3, -0.25) is 0 Å². The Morgan fingerprint density at radius 1 is 1.35 bits per heavy atom. The lowest BCUT2D eigenvalue weighted by Crippen LogP contribution is -2.29. The smallest absolute Gasteiger partial charge is 0.387 e. The number of allylic oxidation sites excluding steroid dienone is 1. The molecule has 1 aromatic heterocycles. The van der Waals surface area contributed by atoms with Crippen molar-refractivity contribution in [1.29, 1.82) is 0 Å². The topological polar surface area (TPSA) is 78.3 Å². The lowest BCUT2D eigenvalue weighted by molar-refractivity contribution is -0.136. The fraction of sp³-hybridized carbons (Fsp3) is 0.312. The second-order valence-corrected chi connectivity index (χ2v) is 6.15. The van der Waals surface area contributed by atoms with E-state index in [1.165, 1.54) is 31.0 Å². The van der Waals surface area contributed by atoms with Gasteiger partial charge in [-0.2, -0.15) is 13.8 Å². The molecule has 1 aliphatic rings. The Balaban J connectivity index is 2.08. The average Bonchev–Trinajstić information content (AvgIpc) is 3.03. The molecule has 0 fully saturated rings. The third kappa shape index (κ3) is 3.36. The van der Waals surface area contributed by atoms with E-state index in [0.717, 1.165) is 0 Å². The minimum atomic E-state index is -2.90. The maximum atomic E-state index is 12.4. The number of anilines is 1. The number of methoxy groups -OCH3 is 1. The molecule has 0 saturated heterocycles. The number of esters is 1. The lowest BCUT2D eigenvalue weighted by Gasteiger charge is -2.27. The largest absolute Gasteiger partial charge is 0.466 e. The number of thioether (sulfide) groups is 1. The molecule has 3 rings (SSSR count). The van der Waals surface area contributed by atoms with Crippen LogP contribution >= 0.6 is 11.8 Å². The molecule has 0 spiro atoms. The maximum absolute atomic E-state index is 12.4. The van der Waals surface area contributed by atoms with Crippen molar-refractivity contribution in [2.45, 2.75) is 24.7 Å². The van der Waals surface area contributed by atoms with Crippen LogP contribution in [0.4, 0.5) is 14.7 Å². The number of nitrogens with zero attached hydrogens (tertiary/aromatic N) is 3. The van der Waals surface area contributed by atoms with E-state index in [4.69, 9.17) is 4.74 Å². The summed E-state index contributed by atoms with van der Waals surface area (Å²) >= 11 is 1.36. The number of rotatable bonds is 5. The summed E-state index contributed by atoms with van der Waals surface area (Å²) in [5.74, 6) is -0.00112. The summed E-state index contributed by atoms with van der Waals surface area (Å²) in [6, 6.07) is 5.44. The number of aromatic nitrogens is 3. The number of alkyl halides is 2. The first-order valence-electron chi connectivity index (χ1n) is 7.56. The van der Waals surface area contributed by atoms with Gasteiger partial charge in [-0.05, 0) is 30.9 Å². The lowest BCUT2D eigenvalue weighted by atomic mass is 9.96. The van der Waals surface area contributed by atoms with Crippen molar-refractivity contribution in [2.75, 3.05) is 18.7 Å². The molecule has 2 heterocycles. The summed E-state index contributed by atoms with van der Waals surface area (Å²) in [5.41, 5.74) is 1.61. The average molecular weight is 382 g/mol. The molecule has 0 amide bonds. The van der Waals surface area contributed by atoms with Gasteiger partial charge in [0.1, 0.15) is 11.8 Å². The Hall–Kier alpha value is -2.62. The highest BCUT2D eigenvalue weighted by molar-refractivity contribution is 7.98. The number of hydrogen-bond acceptors (Lipinski definition) is 7. The van der Waals surface area contributed by atoms with Crippen LogP contribution in [0.15, 0.2) is 40.7 Å². The third-order valence-electron chi connectivity index (χ3n) is 3.84. The van der Waals surface area contributed by atoms with Crippen LogP contribution in [0.3, 0.4) is 0 Å². The van der Waals surface area contributed by atoms with Crippen molar-refractivity contribution in [2.24, 2.45) is 0 Å². The van der Waals surface area contributed by atoms with Gasteiger partial charge in [-0.15, -0.1) is 5.10 Å².